The first-order valence-electron chi connectivity index (χ1n) is 4.74. The van der Waals surface area contributed by atoms with Gasteiger partial charge in [-0.2, -0.15) is 0 Å². The second-order valence-corrected chi connectivity index (χ2v) is 3.70. The van der Waals surface area contributed by atoms with Crippen LogP contribution in [-0.2, 0) is 14.3 Å². The van der Waals surface area contributed by atoms with E-state index < -0.39 is 0 Å². The highest BCUT2D eigenvalue weighted by atomic mass is 16.5. The van der Waals surface area contributed by atoms with Gasteiger partial charge in [0, 0.05) is 12.0 Å². The van der Waals surface area contributed by atoms with Crippen LogP contribution >= 0.6 is 0 Å². The van der Waals surface area contributed by atoms with Crippen molar-refractivity contribution in [3.05, 3.63) is 12.7 Å². The minimum Gasteiger partial charge on any atom is -0.462 e. The summed E-state index contributed by atoms with van der Waals surface area (Å²) in [4.78, 5) is 10.8. The number of rotatable bonds is 3. The standard InChI is InChI=1S/C10H14O3/c1-2-10(11)12-6-7-5-8-3-4-9(7)13-8/h2,7-9H,1,3-6H2. The number of hydrogen-bond donors (Lipinski definition) is 0. The highest BCUT2D eigenvalue weighted by Crippen LogP contribution is 2.38. The first kappa shape index (κ1) is 8.75. The Hall–Kier alpha value is -0.830. The fraction of sp³-hybridized carbons (Fsp3) is 0.700. The van der Waals surface area contributed by atoms with Crippen LogP contribution in [0.3, 0.4) is 0 Å². The van der Waals surface area contributed by atoms with Crippen molar-refractivity contribution in [2.75, 3.05) is 6.61 Å². The molecular formula is C10H14O3. The summed E-state index contributed by atoms with van der Waals surface area (Å²) in [6.07, 6.45) is 5.32. The maximum atomic E-state index is 10.8. The van der Waals surface area contributed by atoms with Crippen molar-refractivity contribution in [2.24, 2.45) is 5.92 Å². The summed E-state index contributed by atoms with van der Waals surface area (Å²) in [5.74, 6) is 0.0884. The second kappa shape index (κ2) is 3.50. The molecule has 3 nitrogen and oxygen atoms in total. The summed E-state index contributed by atoms with van der Waals surface area (Å²) < 4.78 is 10.6. The SMILES string of the molecule is C=CC(=O)OCC1CC2CCC1O2. The summed E-state index contributed by atoms with van der Waals surface area (Å²) in [6.45, 7) is 3.84. The summed E-state index contributed by atoms with van der Waals surface area (Å²) in [5, 5.41) is 0. The predicted octanol–water partition coefficient (Wildman–Crippen LogP) is 1.28. The number of carbonyl (C=O) groups is 1. The van der Waals surface area contributed by atoms with Crippen molar-refractivity contribution in [2.45, 2.75) is 31.5 Å². The Morgan fingerprint density at radius 1 is 1.62 bits per heavy atom. The lowest BCUT2D eigenvalue weighted by Gasteiger charge is -2.17. The van der Waals surface area contributed by atoms with Crippen LogP contribution in [0.4, 0.5) is 0 Å². The summed E-state index contributed by atoms with van der Waals surface area (Å²) in [5.41, 5.74) is 0. The van der Waals surface area contributed by atoms with E-state index in [0.717, 1.165) is 12.8 Å². The van der Waals surface area contributed by atoms with Crippen LogP contribution in [0.2, 0.25) is 0 Å². The fourth-order valence-electron chi connectivity index (χ4n) is 2.17. The summed E-state index contributed by atoms with van der Waals surface area (Å²) in [6, 6.07) is 0. The van der Waals surface area contributed by atoms with Crippen molar-refractivity contribution in [1.29, 1.82) is 0 Å². The van der Waals surface area contributed by atoms with Gasteiger partial charge in [0.1, 0.15) is 0 Å². The average Bonchev–Trinajstić information content (AvgIpc) is 2.74. The van der Waals surface area contributed by atoms with Gasteiger partial charge in [-0.15, -0.1) is 0 Å². The molecular weight excluding hydrogens is 168 g/mol. The first-order chi connectivity index (χ1) is 6.29. The average molecular weight is 182 g/mol. The van der Waals surface area contributed by atoms with Crippen LogP contribution in [0, 0.1) is 5.92 Å². The number of esters is 1. The number of carbonyl (C=O) groups excluding carboxylic acids is 1. The minimum atomic E-state index is -0.331. The van der Waals surface area contributed by atoms with Gasteiger partial charge in [-0.1, -0.05) is 6.58 Å². The fourth-order valence-corrected chi connectivity index (χ4v) is 2.17. The van der Waals surface area contributed by atoms with Gasteiger partial charge in [0.2, 0.25) is 0 Å². The molecule has 2 saturated heterocycles. The maximum Gasteiger partial charge on any atom is 0.330 e. The van der Waals surface area contributed by atoms with Gasteiger partial charge >= 0.3 is 5.97 Å². The molecule has 2 heterocycles. The monoisotopic (exact) mass is 182 g/mol. The molecule has 0 N–H and O–H groups in total. The van der Waals surface area contributed by atoms with E-state index in [9.17, 15) is 4.79 Å². The molecule has 0 radical (unpaired) electrons. The van der Waals surface area contributed by atoms with Crippen molar-refractivity contribution < 1.29 is 14.3 Å². The summed E-state index contributed by atoms with van der Waals surface area (Å²) >= 11 is 0. The Bertz CT molecular complexity index is 224. The zero-order valence-electron chi connectivity index (χ0n) is 7.57. The molecule has 2 aliphatic rings. The smallest absolute Gasteiger partial charge is 0.330 e. The topological polar surface area (TPSA) is 35.5 Å². The highest BCUT2D eigenvalue weighted by Gasteiger charge is 2.41. The lowest BCUT2D eigenvalue weighted by Crippen LogP contribution is -2.22. The molecule has 0 spiro atoms. The largest absolute Gasteiger partial charge is 0.462 e. The van der Waals surface area contributed by atoms with Crippen LogP contribution < -0.4 is 0 Å². The van der Waals surface area contributed by atoms with E-state index in [-0.39, 0.29) is 5.97 Å². The van der Waals surface area contributed by atoms with E-state index >= 15 is 0 Å². The third kappa shape index (κ3) is 1.75. The zero-order valence-corrected chi connectivity index (χ0v) is 7.57. The predicted molar refractivity (Wildman–Crippen MR) is 47.2 cm³/mol. The van der Waals surface area contributed by atoms with Crippen molar-refractivity contribution in [3.63, 3.8) is 0 Å². The molecule has 72 valence electrons. The van der Waals surface area contributed by atoms with Crippen LogP contribution in [-0.4, -0.2) is 24.8 Å². The van der Waals surface area contributed by atoms with E-state index in [1.54, 1.807) is 0 Å². The molecule has 0 aromatic rings. The Kier molecular flexibility index (Phi) is 2.36. The number of fused-ring (bicyclic) bond motifs is 2. The minimum absolute atomic E-state index is 0.331. The van der Waals surface area contributed by atoms with Gasteiger partial charge in [-0.25, -0.2) is 4.79 Å². The second-order valence-electron chi connectivity index (χ2n) is 3.70. The van der Waals surface area contributed by atoms with Crippen molar-refractivity contribution >= 4 is 5.97 Å². The molecule has 2 bridgehead atoms. The zero-order chi connectivity index (χ0) is 9.26. The molecule has 2 fully saturated rings. The van der Waals surface area contributed by atoms with Crippen LogP contribution in [0.5, 0.6) is 0 Å². The van der Waals surface area contributed by atoms with Crippen LogP contribution in [0.25, 0.3) is 0 Å². The van der Waals surface area contributed by atoms with Crippen LogP contribution in [0.15, 0.2) is 12.7 Å². The first-order valence-corrected chi connectivity index (χ1v) is 4.74. The van der Waals surface area contributed by atoms with E-state index in [2.05, 4.69) is 6.58 Å². The number of hydrogen-bond acceptors (Lipinski definition) is 3. The third-order valence-electron chi connectivity index (χ3n) is 2.84. The van der Waals surface area contributed by atoms with Crippen LogP contribution in [0.1, 0.15) is 19.3 Å². The number of ether oxygens (including phenoxy) is 2. The van der Waals surface area contributed by atoms with Gasteiger partial charge in [0.15, 0.2) is 0 Å². The molecule has 13 heavy (non-hydrogen) atoms. The molecule has 3 atom stereocenters. The van der Waals surface area contributed by atoms with Gasteiger partial charge in [0.25, 0.3) is 0 Å². The van der Waals surface area contributed by atoms with Gasteiger partial charge < -0.3 is 9.47 Å². The Morgan fingerprint density at radius 3 is 3.00 bits per heavy atom. The van der Waals surface area contributed by atoms with Gasteiger partial charge in [-0.05, 0) is 19.3 Å². The van der Waals surface area contributed by atoms with E-state index in [1.165, 1.54) is 12.5 Å². The Morgan fingerprint density at radius 2 is 2.46 bits per heavy atom. The molecule has 2 rings (SSSR count). The maximum absolute atomic E-state index is 10.8. The van der Waals surface area contributed by atoms with E-state index in [0.29, 0.717) is 24.7 Å². The van der Waals surface area contributed by atoms with E-state index in [4.69, 9.17) is 9.47 Å². The molecule has 3 heteroatoms. The highest BCUT2D eigenvalue weighted by molar-refractivity contribution is 5.81. The van der Waals surface area contributed by atoms with E-state index in [1.807, 2.05) is 0 Å². The molecule has 0 saturated carbocycles. The molecule has 3 unspecified atom stereocenters. The molecule has 0 aromatic heterocycles. The van der Waals surface area contributed by atoms with Crippen molar-refractivity contribution in [1.82, 2.24) is 0 Å². The quantitative estimate of drug-likeness (QED) is 0.487. The van der Waals surface area contributed by atoms with Crippen molar-refractivity contribution in [3.8, 4) is 0 Å². The lowest BCUT2D eigenvalue weighted by molar-refractivity contribution is -0.139. The third-order valence-corrected chi connectivity index (χ3v) is 2.84. The molecule has 2 aliphatic heterocycles. The van der Waals surface area contributed by atoms with Gasteiger partial charge in [-0.3, -0.25) is 0 Å². The summed E-state index contributed by atoms with van der Waals surface area (Å²) in [7, 11) is 0. The molecule has 0 aliphatic carbocycles. The Labute approximate surface area is 77.7 Å². The lowest BCUT2D eigenvalue weighted by atomic mass is 9.90. The van der Waals surface area contributed by atoms with Gasteiger partial charge in [0.05, 0.1) is 18.8 Å². The normalized spacial score (nSPS) is 36.2. The molecule has 0 aromatic carbocycles. The molecule has 0 amide bonds. The Balaban J connectivity index is 1.77.